The summed E-state index contributed by atoms with van der Waals surface area (Å²) in [6.45, 7) is 1.97. The number of hydrogen-bond donors (Lipinski definition) is 1. The quantitative estimate of drug-likeness (QED) is 0.889. The molecular weight excluding hydrogens is 344 g/mol. The van der Waals surface area contributed by atoms with Gasteiger partial charge in [0.25, 0.3) is 0 Å². The van der Waals surface area contributed by atoms with Crippen LogP contribution in [0.15, 0.2) is 18.2 Å². The molecular formula is C18H21F2N3O3. The number of halogens is 2. The van der Waals surface area contributed by atoms with Crippen LogP contribution in [-0.4, -0.2) is 69.6 Å². The zero-order valence-electron chi connectivity index (χ0n) is 14.3. The van der Waals surface area contributed by atoms with Gasteiger partial charge in [0, 0.05) is 49.9 Å². The van der Waals surface area contributed by atoms with E-state index in [1.165, 1.54) is 17.0 Å². The zero-order chi connectivity index (χ0) is 18.4. The predicted octanol–water partition coefficient (Wildman–Crippen LogP) is 1.89. The van der Waals surface area contributed by atoms with Crippen molar-refractivity contribution in [2.24, 2.45) is 0 Å². The van der Waals surface area contributed by atoms with Gasteiger partial charge in [0.15, 0.2) is 0 Å². The summed E-state index contributed by atoms with van der Waals surface area (Å²) in [6, 6.07) is 3.20. The van der Waals surface area contributed by atoms with Crippen molar-refractivity contribution in [3.63, 3.8) is 0 Å². The first-order valence-electron chi connectivity index (χ1n) is 8.92. The van der Waals surface area contributed by atoms with Crippen molar-refractivity contribution in [3.8, 4) is 0 Å². The highest BCUT2D eigenvalue weighted by Gasteiger charge is 2.48. The number of fused-ring (bicyclic) bond motifs is 2. The van der Waals surface area contributed by atoms with Gasteiger partial charge < -0.3 is 10.0 Å². The molecule has 0 radical (unpaired) electrons. The normalized spacial score (nSPS) is 28.2. The number of benzene rings is 1. The number of carbonyl (C=O) groups is 2. The molecule has 1 aromatic carbocycles. The van der Waals surface area contributed by atoms with Crippen molar-refractivity contribution in [2.75, 3.05) is 19.6 Å². The highest BCUT2D eigenvalue weighted by molar-refractivity contribution is 5.86. The lowest BCUT2D eigenvalue weighted by molar-refractivity contribution is -0.137. The molecule has 0 aromatic heterocycles. The molecule has 0 aliphatic carbocycles. The molecule has 2 bridgehead atoms. The van der Waals surface area contributed by atoms with Crippen LogP contribution in [0.2, 0.25) is 0 Å². The molecule has 3 fully saturated rings. The highest BCUT2D eigenvalue weighted by atomic mass is 19.1. The van der Waals surface area contributed by atoms with Crippen LogP contribution in [0.4, 0.5) is 13.6 Å². The maximum Gasteiger partial charge on any atom is 0.407 e. The lowest BCUT2D eigenvalue weighted by Gasteiger charge is -2.36. The molecule has 4 rings (SSSR count). The Morgan fingerprint density at radius 2 is 1.96 bits per heavy atom. The molecule has 0 spiro atoms. The van der Waals surface area contributed by atoms with E-state index in [0.717, 1.165) is 12.5 Å². The van der Waals surface area contributed by atoms with Gasteiger partial charge in [0.1, 0.15) is 17.7 Å². The van der Waals surface area contributed by atoms with Gasteiger partial charge in [-0.15, -0.1) is 0 Å². The van der Waals surface area contributed by atoms with E-state index in [9.17, 15) is 23.5 Å². The van der Waals surface area contributed by atoms with E-state index in [-0.39, 0.29) is 18.0 Å². The zero-order valence-corrected chi connectivity index (χ0v) is 14.3. The first-order chi connectivity index (χ1) is 12.4. The van der Waals surface area contributed by atoms with E-state index < -0.39 is 23.8 Å². The minimum atomic E-state index is -1.04. The summed E-state index contributed by atoms with van der Waals surface area (Å²) in [5, 5.41) is 9.24. The summed E-state index contributed by atoms with van der Waals surface area (Å²) in [7, 11) is 0. The van der Waals surface area contributed by atoms with Gasteiger partial charge >= 0.3 is 6.09 Å². The van der Waals surface area contributed by atoms with Crippen molar-refractivity contribution in [2.45, 2.75) is 43.9 Å². The molecule has 3 atom stereocenters. The maximum absolute atomic E-state index is 13.9. The maximum atomic E-state index is 13.9. The van der Waals surface area contributed by atoms with E-state index in [1.54, 1.807) is 4.90 Å². The summed E-state index contributed by atoms with van der Waals surface area (Å²) < 4.78 is 26.9. The fourth-order valence-electron chi connectivity index (χ4n) is 4.53. The molecule has 8 heteroatoms. The molecule has 3 saturated heterocycles. The van der Waals surface area contributed by atoms with Crippen LogP contribution in [0.3, 0.4) is 0 Å². The highest BCUT2D eigenvalue weighted by Crippen LogP contribution is 2.34. The molecule has 0 saturated carbocycles. The molecule has 140 valence electrons. The molecule has 3 heterocycles. The van der Waals surface area contributed by atoms with Crippen molar-refractivity contribution in [1.29, 1.82) is 0 Å². The van der Waals surface area contributed by atoms with Crippen LogP contribution < -0.4 is 0 Å². The SMILES string of the molecule is O=C([C@@H]1CCCN1C(=O)O)N1C[C@@H]2C[C@H]1CN2Cc1ccc(F)cc1F. The molecule has 3 aliphatic rings. The smallest absolute Gasteiger partial charge is 0.407 e. The first kappa shape index (κ1) is 17.2. The van der Waals surface area contributed by atoms with Gasteiger partial charge in [-0.25, -0.2) is 13.6 Å². The Morgan fingerprint density at radius 1 is 1.15 bits per heavy atom. The first-order valence-corrected chi connectivity index (χ1v) is 8.92. The van der Waals surface area contributed by atoms with E-state index >= 15 is 0 Å². The molecule has 2 amide bonds. The van der Waals surface area contributed by atoms with Crippen LogP contribution in [0.25, 0.3) is 0 Å². The van der Waals surface area contributed by atoms with Gasteiger partial charge in [0.2, 0.25) is 5.91 Å². The Kier molecular flexibility index (Phi) is 4.30. The number of likely N-dealkylation sites (tertiary alicyclic amines) is 3. The predicted molar refractivity (Wildman–Crippen MR) is 88.4 cm³/mol. The monoisotopic (exact) mass is 365 g/mol. The van der Waals surface area contributed by atoms with Gasteiger partial charge in [-0.2, -0.15) is 0 Å². The standard InChI is InChI=1S/C18H21F2N3O3/c19-12-4-3-11(15(20)6-12)8-21-9-14-7-13(21)10-23(14)17(24)16-2-1-5-22(16)18(25)26/h3-4,6,13-14,16H,1-2,5,7-10H2,(H,25,26)/t13-,14-,16-/m0/s1. The fourth-order valence-corrected chi connectivity index (χ4v) is 4.53. The number of piperazine rings is 1. The molecule has 26 heavy (non-hydrogen) atoms. The Labute approximate surface area is 150 Å². The van der Waals surface area contributed by atoms with E-state index in [1.807, 2.05) is 0 Å². The van der Waals surface area contributed by atoms with Gasteiger partial charge in [-0.05, 0) is 25.3 Å². The van der Waals surface area contributed by atoms with Crippen LogP contribution in [0.1, 0.15) is 24.8 Å². The second-order valence-corrected chi connectivity index (χ2v) is 7.33. The number of nitrogens with zero attached hydrogens (tertiary/aromatic N) is 3. The van der Waals surface area contributed by atoms with Crippen molar-refractivity contribution in [1.82, 2.24) is 14.7 Å². The minimum absolute atomic E-state index is 0.0345. The van der Waals surface area contributed by atoms with Crippen molar-refractivity contribution < 1.29 is 23.5 Å². The third-order valence-electron chi connectivity index (χ3n) is 5.81. The lowest BCUT2D eigenvalue weighted by atomic mass is 10.1. The van der Waals surface area contributed by atoms with E-state index in [0.29, 0.717) is 44.6 Å². The topological polar surface area (TPSA) is 64.1 Å². The average molecular weight is 365 g/mol. The number of rotatable bonds is 3. The average Bonchev–Trinajstić information content (AvgIpc) is 3.31. The summed E-state index contributed by atoms with van der Waals surface area (Å²) in [6.07, 6.45) is 1.05. The molecule has 0 unspecified atom stereocenters. The summed E-state index contributed by atoms with van der Waals surface area (Å²) in [5.41, 5.74) is 0.449. The summed E-state index contributed by atoms with van der Waals surface area (Å²) in [5.74, 6) is -1.25. The largest absolute Gasteiger partial charge is 0.465 e. The van der Waals surface area contributed by atoms with Crippen LogP contribution >= 0.6 is 0 Å². The Hall–Kier alpha value is -2.22. The molecule has 1 N–H and O–H groups in total. The van der Waals surface area contributed by atoms with Crippen LogP contribution in [0.5, 0.6) is 0 Å². The summed E-state index contributed by atoms with van der Waals surface area (Å²) >= 11 is 0. The van der Waals surface area contributed by atoms with Crippen molar-refractivity contribution >= 4 is 12.0 Å². The Morgan fingerprint density at radius 3 is 2.62 bits per heavy atom. The molecule has 1 aromatic rings. The Balaban J connectivity index is 1.40. The fraction of sp³-hybridized carbons (Fsp3) is 0.556. The third-order valence-corrected chi connectivity index (χ3v) is 5.81. The van der Waals surface area contributed by atoms with Gasteiger partial charge in [0.05, 0.1) is 0 Å². The third kappa shape index (κ3) is 2.92. The number of carbonyl (C=O) groups excluding carboxylic acids is 1. The number of amides is 2. The number of carboxylic acid groups (broad SMARTS) is 1. The van der Waals surface area contributed by atoms with E-state index in [4.69, 9.17) is 0 Å². The van der Waals surface area contributed by atoms with E-state index in [2.05, 4.69) is 4.90 Å². The molecule has 6 nitrogen and oxygen atoms in total. The molecule has 3 aliphatic heterocycles. The second-order valence-electron chi connectivity index (χ2n) is 7.33. The van der Waals surface area contributed by atoms with Crippen LogP contribution in [0, 0.1) is 11.6 Å². The van der Waals surface area contributed by atoms with Crippen LogP contribution in [-0.2, 0) is 11.3 Å². The lowest BCUT2D eigenvalue weighted by Crippen LogP contribution is -2.54. The van der Waals surface area contributed by atoms with Gasteiger partial charge in [-0.1, -0.05) is 6.07 Å². The second kappa shape index (κ2) is 6.50. The van der Waals surface area contributed by atoms with Crippen molar-refractivity contribution in [3.05, 3.63) is 35.4 Å². The minimum Gasteiger partial charge on any atom is -0.465 e. The van der Waals surface area contributed by atoms with Gasteiger partial charge in [-0.3, -0.25) is 14.6 Å². The number of hydrogen-bond acceptors (Lipinski definition) is 3. The summed E-state index contributed by atoms with van der Waals surface area (Å²) in [4.78, 5) is 29.3. The Bertz CT molecular complexity index is 744.